The molecule has 0 bridgehead atoms. The monoisotopic (exact) mass is 321 g/mol. The van der Waals surface area contributed by atoms with Crippen molar-refractivity contribution in [2.45, 2.75) is 31.8 Å². The average Bonchev–Trinajstić information content (AvgIpc) is 3.09. The van der Waals surface area contributed by atoms with Crippen LogP contribution in [-0.4, -0.2) is 17.1 Å². The molecule has 1 aliphatic carbocycles. The minimum absolute atomic E-state index is 0.129. The van der Waals surface area contributed by atoms with Crippen molar-refractivity contribution in [3.63, 3.8) is 0 Å². The van der Waals surface area contributed by atoms with Gasteiger partial charge in [-0.2, -0.15) is 0 Å². The van der Waals surface area contributed by atoms with E-state index in [4.69, 9.17) is 11.6 Å². The van der Waals surface area contributed by atoms with Crippen LogP contribution in [0.5, 0.6) is 0 Å². The number of rotatable bonds is 4. The van der Waals surface area contributed by atoms with Crippen molar-refractivity contribution in [3.05, 3.63) is 50.9 Å². The molecule has 1 aromatic heterocycles. The van der Waals surface area contributed by atoms with Crippen molar-refractivity contribution in [2.24, 2.45) is 0 Å². The maximum Gasteiger partial charge on any atom is 0.315 e. The number of amides is 2. The van der Waals surface area contributed by atoms with Crippen LogP contribution in [0.3, 0.4) is 0 Å². The summed E-state index contributed by atoms with van der Waals surface area (Å²) in [7, 11) is 0. The Morgan fingerprint density at radius 2 is 2.38 bits per heavy atom. The van der Waals surface area contributed by atoms with Crippen molar-refractivity contribution in [1.82, 2.24) is 15.6 Å². The first-order valence-electron chi connectivity index (χ1n) is 6.83. The fraction of sp³-hybridized carbons (Fsp3) is 0.333. The molecular formula is C15H16ClN3OS. The van der Waals surface area contributed by atoms with Gasteiger partial charge >= 0.3 is 6.03 Å². The Labute approximate surface area is 132 Å². The third kappa shape index (κ3) is 3.74. The quantitative estimate of drug-likeness (QED) is 0.906. The number of benzene rings is 1. The summed E-state index contributed by atoms with van der Waals surface area (Å²) in [6.07, 6.45) is 2.76. The van der Waals surface area contributed by atoms with Crippen LogP contribution in [-0.2, 0) is 6.54 Å². The molecule has 2 N–H and O–H groups in total. The number of aromatic nitrogens is 1. The van der Waals surface area contributed by atoms with Crippen molar-refractivity contribution >= 4 is 29.0 Å². The molecule has 1 fully saturated rings. The first kappa shape index (κ1) is 14.4. The molecule has 1 saturated carbocycles. The highest BCUT2D eigenvalue weighted by atomic mass is 35.5. The van der Waals surface area contributed by atoms with Gasteiger partial charge in [0.25, 0.3) is 0 Å². The third-order valence-corrected chi connectivity index (χ3v) is 4.62. The summed E-state index contributed by atoms with van der Waals surface area (Å²) in [5.41, 5.74) is 1.19. The largest absolute Gasteiger partial charge is 0.335 e. The molecule has 21 heavy (non-hydrogen) atoms. The van der Waals surface area contributed by atoms with Crippen molar-refractivity contribution < 1.29 is 4.79 Å². The van der Waals surface area contributed by atoms with Gasteiger partial charge in [0.05, 0.1) is 11.6 Å². The van der Waals surface area contributed by atoms with Crippen LogP contribution in [0.2, 0.25) is 5.02 Å². The second kappa shape index (κ2) is 6.03. The molecule has 1 aliphatic rings. The molecule has 1 aromatic carbocycles. The van der Waals surface area contributed by atoms with Crippen LogP contribution in [0.4, 0.5) is 4.79 Å². The first-order valence-corrected chi connectivity index (χ1v) is 8.02. The summed E-state index contributed by atoms with van der Waals surface area (Å²) in [5.74, 6) is 0.375. The Morgan fingerprint density at radius 1 is 1.52 bits per heavy atom. The van der Waals surface area contributed by atoms with Gasteiger partial charge in [-0.3, -0.25) is 0 Å². The minimum atomic E-state index is -0.129. The molecule has 2 aromatic rings. The molecule has 0 unspecified atom stereocenters. The Bertz CT molecular complexity index is 658. The van der Waals surface area contributed by atoms with Crippen molar-refractivity contribution in [1.29, 1.82) is 0 Å². The molecule has 4 nitrogen and oxygen atoms in total. The molecule has 0 spiro atoms. The highest BCUT2D eigenvalue weighted by molar-refractivity contribution is 7.11. The van der Waals surface area contributed by atoms with Crippen LogP contribution < -0.4 is 10.6 Å². The van der Waals surface area contributed by atoms with Crippen molar-refractivity contribution in [3.8, 4) is 0 Å². The summed E-state index contributed by atoms with van der Waals surface area (Å²) in [6.45, 7) is 2.47. The van der Waals surface area contributed by atoms with Crippen LogP contribution in [0.15, 0.2) is 30.5 Å². The van der Waals surface area contributed by atoms with Gasteiger partial charge in [-0.15, -0.1) is 11.3 Å². The van der Waals surface area contributed by atoms with Crippen LogP contribution in [0.25, 0.3) is 0 Å². The Balaban J connectivity index is 1.46. The third-order valence-electron chi connectivity index (χ3n) is 3.48. The highest BCUT2D eigenvalue weighted by Gasteiger charge is 2.39. The fourth-order valence-corrected chi connectivity index (χ4v) is 3.27. The molecule has 1 heterocycles. The lowest BCUT2D eigenvalue weighted by Gasteiger charge is -2.06. The van der Waals surface area contributed by atoms with E-state index in [9.17, 15) is 4.79 Å². The molecule has 2 amide bonds. The number of aryl methyl sites for hydroxylation is 1. The zero-order valence-electron chi connectivity index (χ0n) is 11.6. The standard InChI is InChI=1S/C15H16ClN3OS/c1-9-17-7-12(21-9)8-18-15(20)19-14-6-13(14)10-3-2-4-11(16)5-10/h2-5,7,13-14H,6,8H2,1H3,(H2,18,19,20)/t13-,14-/m0/s1. The molecule has 2 atom stereocenters. The predicted molar refractivity (Wildman–Crippen MR) is 84.8 cm³/mol. The molecule has 6 heteroatoms. The van der Waals surface area contributed by atoms with E-state index in [0.717, 1.165) is 21.3 Å². The molecular weight excluding hydrogens is 306 g/mol. The summed E-state index contributed by atoms with van der Waals surface area (Å²) in [6, 6.07) is 7.89. The molecule has 0 aliphatic heterocycles. The number of halogens is 1. The van der Waals surface area contributed by atoms with E-state index in [2.05, 4.69) is 21.7 Å². The predicted octanol–water partition coefficient (Wildman–Crippen LogP) is 3.46. The first-order chi connectivity index (χ1) is 10.1. The highest BCUT2D eigenvalue weighted by Crippen LogP contribution is 2.41. The van der Waals surface area contributed by atoms with Crippen LogP contribution in [0, 0.1) is 6.92 Å². The van der Waals surface area contributed by atoms with E-state index in [1.165, 1.54) is 5.56 Å². The summed E-state index contributed by atoms with van der Waals surface area (Å²) in [4.78, 5) is 17.1. The lowest BCUT2D eigenvalue weighted by atomic mass is 10.1. The zero-order valence-corrected chi connectivity index (χ0v) is 13.2. The average molecular weight is 322 g/mol. The smallest absolute Gasteiger partial charge is 0.315 e. The van der Waals surface area contributed by atoms with Gasteiger partial charge in [0.2, 0.25) is 0 Å². The van der Waals surface area contributed by atoms with E-state index >= 15 is 0 Å². The molecule has 110 valence electrons. The van der Waals surface area contributed by atoms with E-state index < -0.39 is 0 Å². The molecule has 0 saturated heterocycles. The maximum absolute atomic E-state index is 11.9. The second-order valence-corrected chi connectivity index (χ2v) is 6.93. The van der Waals surface area contributed by atoms with Gasteiger partial charge < -0.3 is 10.6 Å². The van der Waals surface area contributed by atoms with Gasteiger partial charge in [-0.05, 0) is 31.0 Å². The van der Waals surface area contributed by atoms with Gasteiger partial charge in [0, 0.05) is 28.1 Å². The molecule has 3 rings (SSSR count). The Hall–Kier alpha value is -1.59. The van der Waals surface area contributed by atoms with Gasteiger partial charge in [-0.1, -0.05) is 23.7 Å². The zero-order chi connectivity index (χ0) is 14.8. The summed E-state index contributed by atoms with van der Waals surface area (Å²) < 4.78 is 0. The van der Waals surface area contributed by atoms with Crippen molar-refractivity contribution in [2.75, 3.05) is 0 Å². The van der Waals surface area contributed by atoms with E-state index in [0.29, 0.717) is 12.5 Å². The number of nitrogens with one attached hydrogen (secondary N) is 2. The van der Waals surface area contributed by atoms with Gasteiger partial charge in [0.1, 0.15) is 0 Å². The number of urea groups is 1. The maximum atomic E-state index is 11.9. The normalized spacial score (nSPS) is 20.1. The number of thiazole rings is 1. The summed E-state index contributed by atoms with van der Waals surface area (Å²) in [5, 5.41) is 7.60. The minimum Gasteiger partial charge on any atom is -0.335 e. The lowest BCUT2D eigenvalue weighted by molar-refractivity contribution is 0.240. The van der Waals surface area contributed by atoms with Gasteiger partial charge in [-0.25, -0.2) is 9.78 Å². The van der Waals surface area contributed by atoms with E-state index in [1.807, 2.05) is 25.1 Å². The SMILES string of the molecule is Cc1ncc(CNC(=O)N[C@H]2C[C@H]2c2cccc(Cl)c2)s1. The number of carbonyl (C=O) groups is 1. The summed E-state index contributed by atoms with van der Waals surface area (Å²) >= 11 is 7.58. The number of carbonyl (C=O) groups excluding carboxylic acids is 1. The van der Waals surface area contributed by atoms with E-state index in [1.54, 1.807) is 17.5 Å². The Kier molecular flexibility index (Phi) is 4.12. The Morgan fingerprint density at radius 3 is 3.10 bits per heavy atom. The van der Waals surface area contributed by atoms with Gasteiger partial charge in [0.15, 0.2) is 0 Å². The number of hydrogen-bond donors (Lipinski definition) is 2. The number of nitrogens with zero attached hydrogens (tertiary/aromatic N) is 1. The lowest BCUT2D eigenvalue weighted by Crippen LogP contribution is -2.36. The van der Waals surface area contributed by atoms with E-state index in [-0.39, 0.29) is 12.1 Å². The second-order valence-electron chi connectivity index (χ2n) is 5.18. The molecule has 0 radical (unpaired) electrons. The number of hydrogen-bond acceptors (Lipinski definition) is 3. The fourth-order valence-electron chi connectivity index (χ4n) is 2.33. The van der Waals surface area contributed by atoms with Crippen LogP contribution >= 0.6 is 22.9 Å². The van der Waals surface area contributed by atoms with Crippen LogP contribution in [0.1, 0.15) is 27.8 Å². The topological polar surface area (TPSA) is 54.0 Å².